The van der Waals surface area contributed by atoms with Crippen LogP contribution in [0.2, 0.25) is 0 Å². The number of nitrogens with zero attached hydrogens (tertiary/aromatic N) is 1. The molecule has 1 aromatic carbocycles. The van der Waals surface area contributed by atoms with Gasteiger partial charge in [-0.05, 0) is 32.0 Å². The van der Waals surface area contributed by atoms with E-state index in [0.717, 1.165) is 29.8 Å². The van der Waals surface area contributed by atoms with E-state index in [4.69, 9.17) is 4.74 Å². The number of ketones is 1. The highest BCUT2D eigenvalue weighted by molar-refractivity contribution is 5.99. The standard InChI is InChI=1S/C15H23NO2/c1-5-16(8-9-18-4)11-15(17)14-10-12(2)6-7-13(14)3/h6-7,10H,5,8-9,11H2,1-4H3. The van der Waals surface area contributed by atoms with Gasteiger partial charge in [0.05, 0.1) is 13.2 Å². The van der Waals surface area contributed by atoms with Gasteiger partial charge >= 0.3 is 0 Å². The Morgan fingerprint density at radius 3 is 2.67 bits per heavy atom. The Hall–Kier alpha value is -1.19. The van der Waals surface area contributed by atoms with Gasteiger partial charge in [-0.1, -0.05) is 24.6 Å². The Labute approximate surface area is 110 Å². The summed E-state index contributed by atoms with van der Waals surface area (Å²) in [7, 11) is 1.68. The summed E-state index contributed by atoms with van der Waals surface area (Å²) in [5.74, 6) is 0.189. The van der Waals surface area contributed by atoms with Crippen molar-refractivity contribution in [1.82, 2.24) is 4.90 Å². The first-order valence-electron chi connectivity index (χ1n) is 6.40. The third-order valence-corrected chi connectivity index (χ3v) is 3.12. The van der Waals surface area contributed by atoms with Crippen LogP contribution in [0.3, 0.4) is 0 Å². The molecule has 0 amide bonds. The third-order valence-electron chi connectivity index (χ3n) is 3.12. The van der Waals surface area contributed by atoms with Crippen molar-refractivity contribution in [2.24, 2.45) is 0 Å². The van der Waals surface area contributed by atoms with E-state index < -0.39 is 0 Å². The van der Waals surface area contributed by atoms with Gasteiger partial charge in [0.1, 0.15) is 0 Å². The lowest BCUT2D eigenvalue weighted by molar-refractivity contribution is 0.0901. The van der Waals surface area contributed by atoms with Crippen LogP contribution in [0.1, 0.15) is 28.4 Å². The summed E-state index contributed by atoms with van der Waals surface area (Å²) in [4.78, 5) is 14.4. The van der Waals surface area contributed by atoms with Gasteiger partial charge in [-0.2, -0.15) is 0 Å². The molecule has 0 aliphatic heterocycles. The zero-order valence-electron chi connectivity index (χ0n) is 11.8. The number of likely N-dealkylation sites (N-methyl/N-ethyl adjacent to an activating group) is 1. The molecule has 1 rings (SSSR count). The van der Waals surface area contributed by atoms with Gasteiger partial charge in [-0.3, -0.25) is 9.69 Å². The average Bonchev–Trinajstić information content (AvgIpc) is 2.37. The maximum absolute atomic E-state index is 12.3. The van der Waals surface area contributed by atoms with Crippen LogP contribution in [0, 0.1) is 13.8 Å². The van der Waals surface area contributed by atoms with Crippen LogP contribution in [0.5, 0.6) is 0 Å². The van der Waals surface area contributed by atoms with Gasteiger partial charge in [-0.25, -0.2) is 0 Å². The highest BCUT2D eigenvalue weighted by Crippen LogP contribution is 2.12. The van der Waals surface area contributed by atoms with E-state index in [1.165, 1.54) is 0 Å². The third kappa shape index (κ3) is 4.24. The molecule has 1 aromatic rings. The van der Waals surface area contributed by atoms with Crippen LogP contribution >= 0.6 is 0 Å². The smallest absolute Gasteiger partial charge is 0.177 e. The molecule has 100 valence electrons. The molecule has 0 spiro atoms. The van der Waals surface area contributed by atoms with Crippen molar-refractivity contribution in [3.8, 4) is 0 Å². The van der Waals surface area contributed by atoms with Crippen LogP contribution < -0.4 is 0 Å². The molecule has 0 radical (unpaired) electrons. The number of ether oxygens (including phenoxy) is 1. The minimum atomic E-state index is 0.189. The second kappa shape index (κ2) is 7.29. The van der Waals surface area contributed by atoms with Crippen LogP contribution in [0.15, 0.2) is 18.2 Å². The van der Waals surface area contributed by atoms with Gasteiger partial charge in [-0.15, -0.1) is 0 Å². The number of methoxy groups -OCH3 is 1. The normalized spacial score (nSPS) is 10.9. The Bertz CT molecular complexity index is 401. The monoisotopic (exact) mass is 249 g/mol. The van der Waals surface area contributed by atoms with E-state index in [1.54, 1.807) is 7.11 Å². The zero-order chi connectivity index (χ0) is 13.5. The van der Waals surface area contributed by atoms with Gasteiger partial charge in [0.2, 0.25) is 0 Å². The van der Waals surface area contributed by atoms with Crippen LogP contribution in [0.4, 0.5) is 0 Å². The summed E-state index contributed by atoms with van der Waals surface area (Å²) in [6, 6.07) is 6.02. The summed E-state index contributed by atoms with van der Waals surface area (Å²) in [5, 5.41) is 0. The molecule has 0 atom stereocenters. The lowest BCUT2D eigenvalue weighted by Gasteiger charge is -2.19. The summed E-state index contributed by atoms with van der Waals surface area (Å²) >= 11 is 0. The summed E-state index contributed by atoms with van der Waals surface area (Å²) in [5.41, 5.74) is 3.02. The van der Waals surface area contributed by atoms with Crippen molar-refractivity contribution in [1.29, 1.82) is 0 Å². The number of hydrogen-bond donors (Lipinski definition) is 0. The predicted molar refractivity (Wildman–Crippen MR) is 74.2 cm³/mol. The molecule has 0 aliphatic carbocycles. The van der Waals surface area contributed by atoms with Crippen molar-refractivity contribution < 1.29 is 9.53 Å². The lowest BCUT2D eigenvalue weighted by Crippen LogP contribution is -2.32. The van der Waals surface area contributed by atoms with Gasteiger partial charge in [0.25, 0.3) is 0 Å². The predicted octanol–water partition coefficient (Wildman–Crippen LogP) is 2.45. The first kappa shape index (κ1) is 14.9. The van der Waals surface area contributed by atoms with Crippen molar-refractivity contribution in [2.75, 3.05) is 33.4 Å². The number of Topliss-reactive ketones (excluding diaryl/α,β-unsaturated/α-hetero) is 1. The Morgan fingerprint density at radius 2 is 2.06 bits per heavy atom. The molecular weight excluding hydrogens is 226 g/mol. The second-order valence-electron chi connectivity index (χ2n) is 4.60. The number of carbonyl (C=O) groups excluding carboxylic acids is 1. The average molecular weight is 249 g/mol. The van der Waals surface area contributed by atoms with E-state index >= 15 is 0 Å². The minimum Gasteiger partial charge on any atom is -0.383 e. The van der Waals surface area contributed by atoms with Crippen molar-refractivity contribution in [2.45, 2.75) is 20.8 Å². The van der Waals surface area contributed by atoms with Crippen LogP contribution in [0.25, 0.3) is 0 Å². The second-order valence-corrected chi connectivity index (χ2v) is 4.60. The SMILES string of the molecule is CCN(CCOC)CC(=O)c1cc(C)ccc1C. The van der Waals surface area contributed by atoms with Crippen molar-refractivity contribution >= 4 is 5.78 Å². The van der Waals surface area contributed by atoms with Crippen molar-refractivity contribution in [3.05, 3.63) is 34.9 Å². The fourth-order valence-corrected chi connectivity index (χ4v) is 1.89. The molecule has 0 unspecified atom stereocenters. The molecule has 3 nitrogen and oxygen atoms in total. The molecule has 0 bridgehead atoms. The molecule has 3 heteroatoms. The number of rotatable bonds is 7. The molecule has 0 aliphatic rings. The molecular formula is C15H23NO2. The molecule has 0 heterocycles. The quantitative estimate of drug-likeness (QED) is 0.695. The van der Waals surface area contributed by atoms with E-state index in [2.05, 4.69) is 11.8 Å². The Balaban J connectivity index is 2.71. The van der Waals surface area contributed by atoms with Crippen molar-refractivity contribution in [3.63, 3.8) is 0 Å². The Kier molecular flexibility index (Phi) is 6.02. The lowest BCUT2D eigenvalue weighted by atomic mass is 10.0. The first-order valence-corrected chi connectivity index (χ1v) is 6.40. The van der Waals surface area contributed by atoms with Gasteiger partial charge in [0, 0.05) is 19.2 Å². The van der Waals surface area contributed by atoms with Crippen LogP contribution in [-0.2, 0) is 4.74 Å². The van der Waals surface area contributed by atoms with Gasteiger partial charge in [0.15, 0.2) is 5.78 Å². The van der Waals surface area contributed by atoms with E-state index in [9.17, 15) is 4.79 Å². The molecule has 0 fully saturated rings. The number of benzene rings is 1. The molecule has 0 saturated carbocycles. The highest BCUT2D eigenvalue weighted by Gasteiger charge is 2.13. The fraction of sp³-hybridized carbons (Fsp3) is 0.533. The molecule has 0 aromatic heterocycles. The molecule has 0 saturated heterocycles. The van der Waals surface area contributed by atoms with E-state index in [1.807, 2.05) is 32.0 Å². The van der Waals surface area contributed by atoms with E-state index in [-0.39, 0.29) is 5.78 Å². The largest absolute Gasteiger partial charge is 0.383 e. The summed E-state index contributed by atoms with van der Waals surface area (Å²) < 4.78 is 5.05. The topological polar surface area (TPSA) is 29.5 Å². The number of carbonyl (C=O) groups is 1. The first-order chi connectivity index (χ1) is 8.58. The number of aryl methyl sites for hydroxylation is 2. The fourth-order valence-electron chi connectivity index (χ4n) is 1.89. The maximum atomic E-state index is 12.3. The molecule has 18 heavy (non-hydrogen) atoms. The van der Waals surface area contributed by atoms with Gasteiger partial charge < -0.3 is 4.74 Å². The van der Waals surface area contributed by atoms with E-state index in [0.29, 0.717) is 13.2 Å². The highest BCUT2D eigenvalue weighted by atomic mass is 16.5. The summed E-state index contributed by atoms with van der Waals surface area (Å²) in [6.45, 7) is 8.84. The number of hydrogen-bond acceptors (Lipinski definition) is 3. The zero-order valence-corrected chi connectivity index (χ0v) is 11.8. The maximum Gasteiger partial charge on any atom is 0.177 e. The van der Waals surface area contributed by atoms with Crippen LogP contribution in [-0.4, -0.2) is 44.0 Å². The molecule has 0 N–H and O–H groups in total. The minimum absolute atomic E-state index is 0.189. The summed E-state index contributed by atoms with van der Waals surface area (Å²) in [6.07, 6.45) is 0. The Morgan fingerprint density at radius 1 is 1.33 bits per heavy atom.